The molecule has 0 bridgehead atoms. The molecule has 0 saturated carbocycles. The van der Waals surface area contributed by atoms with Crippen LogP contribution in [0.3, 0.4) is 0 Å². The van der Waals surface area contributed by atoms with Crippen LogP contribution >= 0.6 is 0 Å². The lowest BCUT2D eigenvalue weighted by atomic mass is 9.63. The highest BCUT2D eigenvalue weighted by Crippen LogP contribution is 2.48. The standard InChI is InChI=1S/C53H79N/c1-10-15-17-19-21-23-38-53(39-24-22-20-18-16-11-2)44(8)40-42(6)26-25-27-46-30-35-50(41-51(46)53)54(48-33-28-45(29-34-48)43(7)12-3)49-36-31-47(32-37-49)52(9,13-4)14-5/h25-26,28-37,40-41,43-44H,10-24,27,38-39H2,1-9H3/b26-25-,42-40-. The average molecular weight is 730 g/mol. The maximum Gasteiger partial charge on any atom is 0.0464 e. The second-order valence-electron chi connectivity index (χ2n) is 17.4. The Balaban J connectivity index is 1.88. The first-order valence-corrected chi connectivity index (χ1v) is 22.6. The van der Waals surface area contributed by atoms with Gasteiger partial charge in [0.1, 0.15) is 0 Å². The van der Waals surface area contributed by atoms with Crippen molar-refractivity contribution in [3.63, 3.8) is 0 Å². The van der Waals surface area contributed by atoms with Gasteiger partial charge in [0.25, 0.3) is 0 Å². The largest absolute Gasteiger partial charge is 0.310 e. The number of unbranched alkanes of at least 4 members (excludes halogenated alkanes) is 10. The monoisotopic (exact) mass is 730 g/mol. The van der Waals surface area contributed by atoms with Crippen LogP contribution in [0.5, 0.6) is 0 Å². The number of fused-ring (bicyclic) bond motifs is 1. The molecule has 1 aliphatic carbocycles. The number of allylic oxidation sites excluding steroid dienone is 4. The minimum absolute atomic E-state index is 0.105. The second kappa shape index (κ2) is 21.9. The first-order valence-electron chi connectivity index (χ1n) is 22.6. The molecule has 2 unspecified atom stereocenters. The van der Waals surface area contributed by atoms with E-state index in [0.29, 0.717) is 11.8 Å². The molecule has 1 heteroatoms. The van der Waals surface area contributed by atoms with Crippen molar-refractivity contribution in [1.82, 2.24) is 0 Å². The van der Waals surface area contributed by atoms with Gasteiger partial charge in [-0.25, -0.2) is 0 Å². The normalized spacial score (nSPS) is 17.8. The van der Waals surface area contributed by atoms with Crippen molar-refractivity contribution in [3.05, 3.63) is 113 Å². The van der Waals surface area contributed by atoms with Gasteiger partial charge < -0.3 is 4.90 Å². The van der Waals surface area contributed by atoms with Gasteiger partial charge in [-0.2, -0.15) is 0 Å². The van der Waals surface area contributed by atoms with Crippen molar-refractivity contribution in [3.8, 4) is 0 Å². The summed E-state index contributed by atoms with van der Waals surface area (Å²) in [5.74, 6) is 1.02. The molecule has 54 heavy (non-hydrogen) atoms. The number of hydrogen-bond donors (Lipinski definition) is 0. The van der Waals surface area contributed by atoms with Crippen molar-refractivity contribution in [2.45, 2.75) is 195 Å². The molecule has 0 aliphatic heterocycles. The summed E-state index contributed by atoms with van der Waals surface area (Å²) >= 11 is 0. The highest BCUT2D eigenvalue weighted by atomic mass is 15.1. The van der Waals surface area contributed by atoms with E-state index < -0.39 is 0 Å². The molecule has 4 rings (SSSR count). The SMILES string of the molecule is CCCCCCCCC1(CCCCCCCC)c2cc(N(c3ccc(C(C)CC)cc3)c3ccc(C(C)(CC)CC)cc3)ccc2C/C=C\C(C)=C/C1C. The maximum atomic E-state index is 2.65. The van der Waals surface area contributed by atoms with E-state index in [1.165, 1.54) is 129 Å². The van der Waals surface area contributed by atoms with Crippen LogP contribution in [-0.2, 0) is 17.3 Å². The predicted molar refractivity (Wildman–Crippen MR) is 241 cm³/mol. The van der Waals surface area contributed by atoms with Crippen molar-refractivity contribution >= 4 is 17.1 Å². The lowest BCUT2D eigenvalue weighted by Crippen LogP contribution is -2.35. The van der Waals surface area contributed by atoms with E-state index in [2.05, 4.69) is 152 Å². The molecule has 0 spiro atoms. The number of benzene rings is 3. The first kappa shape index (κ1) is 43.7. The topological polar surface area (TPSA) is 3.24 Å². The van der Waals surface area contributed by atoms with Crippen LogP contribution in [-0.4, -0.2) is 0 Å². The van der Waals surface area contributed by atoms with Gasteiger partial charge in [-0.15, -0.1) is 0 Å². The fraction of sp³-hybridized carbons (Fsp3) is 0.585. The summed E-state index contributed by atoms with van der Waals surface area (Å²) in [7, 11) is 0. The molecular formula is C53H79N. The third-order valence-corrected chi connectivity index (χ3v) is 13.7. The third kappa shape index (κ3) is 11.3. The zero-order valence-corrected chi connectivity index (χ0v) is 36.4. The highest BCUT2D eigenvalue weighted by Gasteiger charge is 2.38. The Morgan fingerprint density at radius 2 is 1.20 bits per heavy atom. The summed E-state index contributed by atoms with van der Waals surface area (Å²) in [5.41, 5.74) is 11.5. The van der Waals surface area contributed by atoms with Gasteiger partial charge in [0.2, 0.25) is 0 Å². The van der Waals surface area contributed by atoms with Gasteiger partial charge in [0.15, 0.2) is 0 Å². The van der Waals surface area contributed by atoms with Crippen molar-refractivity contribution in [2.24, 2.45) is 5.92 Å². The van der Waals surface area contributed by atoms with E-state index in [1.54, 1.807) is 5.56 Å². The number of hydrogen-bond acceptors (Lipinski definition) is 1. The van der Waals surface area contributed by atoms with Gasteiger partial charge in [-0.1, -0.05) is 187 Å². The molecule has 1 nitrogen and oxygen atoms in total. The van der Waals surface area contributed by atoms with E-state index in [0.717, 1.165) is 25.7 Å². The Hall–Kier alpha value is -3.06. The molecule has 0 heterocycles. The fourth-order valence-corrected chi connectivity index (χ4v) is 9.17. The lowest BCUT2D eigenvalue weighted by molar-refractivity contribution is 0.265. The van der Waals surface area contributed by atoms with Gasteiger partial charge in [0.05, 0.1) is 0 Å². The minimum Gasteiger partial charge on any atom is -0.310 e. The summed E-state index contributed by atoms with van der Waals surface area (Å²) in [6.07, 6.45) is 30.5. The zero-order chi connectivity index (χ0) is 39.0. The molecule has 0 fully saturated rings. The molecule has 0 radical (unpaired) electrons. The minimum atomic E-state index is 0.105. The van der Waals surface area contributed by atoms with E-state index in [4.69, 9.17) is 0 Å². The van der Waals surface area contributed by atoms with Crippen LogP contribution in [0.15, 0.2) is 90.5 Å². The van der Waals surface area contributed by atoms with Crippen LogP contribution in [0.2, 0.25) is 0 Å². The van der Waals surface area contributed by atoms with Gasteiger partial charge in [-0.05, 0) is 121 Å². The van der Waals surface area contributed by atoms with Crippen LogP contribution in [0.25, 0.3) is 0 Å². The van der Waals surface area contributed by atoms with Crippen LogP contribution in [0, 0.1) is 5.92 Å². The summed E-state index contributed by atoms with van der Waals surface area (Å²) in [5, 5.41) is 0. The fourth-order valence-electron chi connectivity index (χ4n) is 9.17. The molecule has 0 aromatic heterocycles. The Kier molecular flexibility index (Phi) is 17.7. The Labute approximate surface area is 334 Å². The van der Waals surface area contributed by atoms with Crippen LogP contribution in [0.1, 0.15) is 200 Å². The van der Waals surface area contributed by atoms with Gasteiger partial charge in [0, 0.05) is 22.5 Å². The van der Waals surface area contributed by atoms with Gasteiger partial charge in [-0.3, -0.25) is 0 Å². The lowest BCUT2D eigenvalue weighted by Gasteiger charge is -2.42. The van der Waals surface area contributed by atoms with E-state index in [9.17, 15) is 0 Å². The van der Waals surface area contributed by atoms with Crippen LogP contribution < -0.4 is 4.90 Å². The summed E-state index contributed by atoms with van der Waals surface area (Å²) in [4.78, 5) is 2.55. The number of nitrogens with zero attached hydrogens (tertiary/aromatic N) is 1. The van der Waals surface area contributed by atoms with Crippen molar-refractivity contribution in [2.75, 3.05) is 4.90 Å². The van der Waals surface area contributed by atoms with Crippen molar-refractivity contribution < 1.29 is 0 Å². The predicted octanol–water partition coefficient (Wildman–Crippen LogP) is 17.2. The summed E-state index contributed by atoms with van der Waals surface area (Å²) in [6.45, 7) is 21.3. The molecular weight excluding hydrogens is 651 g/mol. The smallest absolute Gasteiger partial charge is 0.0464 e. The van der Waals surface area contributed by atoms with Crippen LogP contribution in [0.4, 0.5) is 17.1 Å². The molecule has 1 aliphatic rings. The number of anilines is 3. The Morgan fingerprint density at radius 1 is 0.685 bits per heavy atom. The summed E-state index contributed by atoms with van der Waals surface area (Å²) < 4.78 is 0. The molecule has 0 amide bonds. The molecule has 0 N–H and O–H groups in total. The van der Waals surface area contributed by atoms with E-state index in [-0.39, 0.29) is 10.8 Å². The molecule has 296 valence electrons. The first-order chi connectivity index (χ1) is 26.2. The zero-order valence-electron chi connectivity index (χ0n) is 36.4. The molecule has 3 aromatic rings. The quantitative estimate of drug-likeness (QED) is 0.0931. The highest BCUT2D eigenvalue weighted by molar-refractivity contribution is 5.77. The Morgan fingerprint density at radius 3 is 1.74 bits per heavy atom. The molecule has 2 atom stereocenters. The number of rotatable bonds is 22. The van der Waals surface area contributed by atoms with E-state index in [1.807, 2.05) is 0 Å². The Bertz CT molecular complexity index is 1550. The molecule has 3 aromatic carbocycles. The molecule has 0 saturated heterocycles. The van der Waals surface area contributed by atoms with Gasteiger partial charge >= 0.3 is 0 Å². The average Bonchev–Trinajstić information content (AvgIpc) is 3.24. The second-order valence-corrected chi connectivity index (χ2v) is 17.4. The van der Waals surface area contributed by atoms with E-state index >= 15 is 0 Å². The maximum absolute atomic E-state index is 2.65. The third-order valence-electron chi connectivity index (χ3n) is 13.7. The van der Waals surface area contributed by atoms with Crippen molar-refractivity contribution in [1.29, 1.82) is 0 Å². The summed E-state index contributed by atoms with van der Waals surface area (Å²) in [6, 6.07) is 26.7.